The molecule has 0 saturated carbocycles. The second-order valence-corrected chi connectivity index (χ2v) is 8.33. The highest BCUT2D eigenvalue weighted by atomic mass is 19.1. The Labute approximate surface area is 178 Å². The molecule has 0 aliphatic carbocycles. The molecule has 2 aliphatic rings. The van der Waals surface area contributed by atoms with Crippen LogP contribution in [-0.2, 0) is 4.74 Å². The van der Waals surface area contributed by atoms with Gasteiger partial charge in [-0.05, 0) is 44.7 Å². The van der Waals surface area contributed by atoms with Gasteiger partial charge in [0.2, 0.25) is 5.95 Å². The number of fused-ring (bicyclic) bond motifs is 2. The fraction of sp³-hybridized carbons (Fsp3) is 0.455. The maximum atomic E-state index is 14.0. The van der Waals surface area contributed by atoms with Crippen LogP contribution in [0.25, 0.3) is 28.1 Å². The number of anilines is 1. The average Bonchev–Trinajstić information content (AvgIpc) is 3.51. The van der Waals surface area contributed by atoms with Gasteiger partial charge in [-0.3, -0.25) is 4.57 Å². The molecule has 0 spiro atoms. The highest BCUT2D eigenvalue weighted by Gasteiger charge is 2.27. The van der Waals surface area contributed by atoms with E-state index < -0.39 is 0 Å². The van der Waals surface area contributed by atoms with Crippen molar-refractivity contribution in [1.29, 1.82) is 0 Å². The molecule has 2 fully saturated rings. The van der Waals surface area contributed by atoms with Crippen LogP contribution in [-0.4, -0.2) is 55.4 Å². The summed E-state index contributed by atoms with van der Waals surface area (Å²) < 4.78 is 23.6. The van der Waals surface area contributed by atoms with Crippen LogP contribution in [0.15, 0.2) is 24.5 Å². The molecule has 1 aromatic carbocycles. The summed E-state index contributed by atoms with van der Waals surface area (Å²) in [7, 11) is 0. The summed E-state index contributed by atoms with van der Waals surface area (Å²) in [4.78, 5) is 21.5. The molecule has 5 heterocycles. The predicted octanol–water partition coefficient (Wildman–Crippen LogP) is 3.56. The topological polar surface area (TPSA) is 73.9 Å². The molecule has 0 bridgehead atoms. The third-order valence-corrected chi connectivity index (χ3v) is 6.37. The van der Waals surface area contributed by atoms with E-state index >= 15 is 0 Å². The minimum Gasteiger partial charge on any atom is -0.381 e. The van der Waals surface area contributed by atoms with Crippen LogP contribution in [0, 0.1) is 12.7 Å². The van der Waals surface area contributed by atoms with E-state index in [1.807, 2.05) is 6.92 Å². The summed E-state index contributed by atoms with van der Waals surface area (Å²) in [6.45, 7) is 5.42. The number of ether oxygens (including phenoxy) is 1. The Hall–Kier alpha value is -3.07. The van der Waals surface area contributed by atoms with E-state index in [1.54, 1.807) is 17.0 Å². The Balaban J connectivity index is 1.60. The van der Waals surface area contributed by atoms with Gasteiger partial charge in [-0.2, -0.15) is 9.97 Å². The number of aryl methyl sites for hydroxylation is 1. The molecular weight excluding hydrogens is 397 g/mol. The van der Waals surface area contributed by atoms with E-state index in [0.29, 0.717) is 23.0 Å². The molecule has 0 amide bonds. The molecule has 6 rings (SSSR count). The van der Waals surface area contributed by atoms with Gasteiger partial charge in [0.15, 0.2) is 17.0 Å². The zero-order valence-electron chi connectivity index (χ0n) is 17.5. The van der Waals surface area contributed by atoms with Crippen LogP contribution in [0.2, 0.25) is 0 Å². The Morgan fingerprint density at radius 2 is 1.87 bits per heavy atom. The van der Waals surface area contributed by atoms with E-state index in [0.717, 1.165) is 74.8 Å². The van der Waals surface area contributed by atoms with Gasteiger partial charge in [0.1, 0.15) is 18.0 Å². The van der Waals surface area contributed by atoms with Crippen LogP contribution in [0.5, 0.6) is 0 Å². The lowest BCUT2D eigenvalue weighted by molar-refractivity contribution is 0.0699. The second-order valence-electron chi connectivity index (χ2n) is 8.33. The monoisotopic (exact) mass is 421 g/mol. The Morgan fingerprint density at radius 1 is 1.06 bits per heavy atom. The summed E-state index contributed by atoms with van der Waals surface area (Å²) in [6, 6.07) is 4.87. The van der Waals surface area contributed by atoms with Gasteiger partial charge < -0.3 is 14.2 Å². The molecule has 8 nitrogen and oxygen atoms in total. The minimum atomic E-state index is -0.307. The minimum absolute atomic E-state index is 0.296. The highest BCUT2D eigenvalue weighted by molar-refractivity contribution is 5.86. The van der Waals surface area contributed by atoms with Crippen molar-refractivity contribution in [3.05, 3.63) is 36.2 Å². The van der Waals surface area contributed by atoms with Gasteiger partial charge in [-0.25, -0.2) is 14.4 Å². The second kappa shape index (κ2) is 7.26. The zero-order valence-corrected chi connectivity index (χ0v) is 17.5. The largest absolute Gasteiger partial charge is 0.381 e. The molecule has 0 atom stereocenters. The lowest BCUT2D eigenvalue weighted by Gasteiger charge is -2.25. The van der Waals surface area contributed by atoms with Gasteiger partial charge in [0.25, 0.3) is 0 Å². The first kappa shape index (κ1) is 18.7. The number of halogens is 1. The van der Waals surface area contributed by atoms with Crippen LogP contribution in [0.1, 0.15) is 37.5 Å². The molecule has 31 heavy (non-hydrogen) atoms. The van der Waals surface area contributed by atoms with Crippen molar-refractivity contribution >= 4 is 28.0 Å². The summed E-state index contributed by atoms with van der Waals surface area (Å²) in [5.74, 6) is 1.98. The summed E-state index contributed by atoms with van der Waals surface area (Å²) in [5, 5.41) is 0. The molecule has 0 unspecified atom stereocenters. The van der Waals surface area contributed by atoms with Crippen LogP contribution >= 0.6 is 0 Å². The third-order valence-electron chi connectivity index (χ3n) is 6.37. The number of nitrogens with zero attached hydrogens (tertiary/aromatic N) is 7. The number of rotatable bonds is 3. The summed E-state index contributed by atoms with van der Waals surface area (Å²) >= 11 is 0. The number of hydrogen-bond donors (Lipinski definition) is 0. The van der Waals surface area contributed by atoms with E-state index in [4.69, 9.17) is 19.7 Å². The van der Waals surface area contributed by atoms with Crippen LogP contribution in [0.3, 0.4) is 0 Å². The van der Waals surface area contributed by atoms with Gasteiger partial charge >= 0.3 is 0 Å². The molecule has 3 aromatic heterocycles. The van der Waals surface area contributed by atoms with Gasteiger partial charge in [-0.15, -0.1) is 0 Å². The van der Waals surface area contributed by atoms with E-state index in [1.165, 1.54) is 12.1 Å². The van der Waals surface area contributed by atoms with Crippen molar-refractivity contribution in [3.8, 4) is 5.95 Å². The third kappa shape index (κ3) is 3.06. The summed E-state index contributed by atoms with van der Waals surface area (Å²) in [5.41, 5.74) is 3.03. The molecule has 4 aromatic rings. The van der Waals surface area contributed by atoms with Crippen molar-refractivity contribution in [2.24, 2.45) is 0 Å². The standard InChI is InChI=1S/C22H24FN7O/c1-14-25-19-20(28-8-2-3-9-28)26-22(27-21(19)30(14)16-6-10-31-11-7-16)29-13-24-17-5-4-15(23)12-18(17)29/h4-5,12-13,16H,2-3,6-11H2,1H3. The molecule has 160 valence electrons. The lowest BCUT2D eigenvalue weighted by Crippen LogP contribution is -2.22. The molecular formula is C22H24FN7O. The zero-order chi connectivity index (χ0) is 20.9. The first-order valence-corrected chi connectivity index (χ1v) is 10.9. The fourth-order valence-electron chi connectivity index (χ4n) is 4.84. The van der Waals surface area contributed by atoms with Crippen LogP contribution in [0.4, 0.5) is 10.2 Å². The smallest absolute Gasteiger partial charge is 0.239 e. The van der Waals surface area contributed by atoms with Crippen LogP contribution < -0.4 is 4.90 Å². The van der Waals surface area contributed by atoms with Crippen molar-refractivity contribution < 1.29 is 9.13 Å². The molecule has 2 aliphatic heterocycles. The number of imidazole rings is 2. The maximum Gasteiger partial charge on any atom is 0.239 e. The Bertz CT molecular complexity index is 1270. The van der Waals surface area contributed by atoms with Crippen molar-refractivity contribution in [1.82, 2.24) is 29.1 Å². The average molecular weight is 421 g/mol. The quantitative estimate of drug-likeness (QED) is 0.504. The Kier molecular flexibility index (Phi) is 4.38. The predicted molar refractivity (Wildman–Crippen MR) is 115 cm³/mol. The molecule has 9 heteroatoms. The first-order chi connectivity index (χ1) is 15.2. The molecule has 2 saturated heterocycles. The van der Waals surface area contributed by atoms with Gasteiger partial charge in [0, 0.05) is 38.4 Å². The van der Waals surface area contributed by atoms with E-state index in [-0.39, 0.29) is 5.82 Å². The SMILES string of the molecule is Cc1nc2c(N3CCCC3)nc(-n3cnc4ccc(F)cc43)nc2n1C1CCOCC1. The van der Waals surface area contributed by atoms with Gasteiger partial charge in [0.05, 0.1) is 11.0 Å². The molecule has 0 N–H and O–H groups in total. The maximum absolute atomic E-state index is 14.0. The Morgan fingerprint density at radius 3 is 2.68 bits per heavy atom. The number of aromatic nitrogens is 6. The van der Waals surface area contributed by atoms with Crippen molar-refractivity contribution in [2.45, 2.75) is 38.6 Å². The van der Waals surface area contributed by atoms with E-state index in [2.05, 4.69) is 14.5 Å². The first-order valence-electron chi connectivity index (χ1n) is 10.9. The molecule has 0 radical (unpaired) electrons. The van der Waals surface area contributed by atoms with Gasteiger partial charge in [-0.1, -0.05) is 0 Å². The summed E-state index contributed by atoms with van der Waals surface area (Å²) in [6.07, 6.45) is 5.81. The van der Waals surface area contributed by atoms with Crippen molar-refractivity contribution in [2.75, 3.05) is 31.2 Å². The number of hydrogen-bond acceptors (Lipinski definition) is 6. The van der Waals surface area contributed by atoms with E-state index in [9.17, 15) is 4.39 Å². The normalized spacial score (nSPS) is 17.9. The highest BCUT2D eigenvalue weighted by Crippen LogP contribution is 2.33. The lowest BCUT2D eigenvalue weighted by atomic mass is 10.1. The van der Waals surface area contributed by atoms with Crippen molar-refractivity contribution in [3.63, 3.8) is 0 Å². The number of benzene rings is 1. The fourth-order valence-corrected chi connectivity index (χ4v) is 4.84.